The van der Waals surface area contributed by atoms with Crippen molar-refractivity contribution in [1.29, 1.82) is 0 Å². The topological polar surface area (TPSA) is 12.0 Å². The molecule has 0 amide bonds. The number of thioether (sulfide) groups is 1. The molecule has 3 unspecified atom stereocenters. The molecule has 1 spiro atoms. The minimum absolute atomic E-state index is 0.402. The highest BCUT2D eigenvalue weighted by atomic mass is 32.2. The largest absolute Gasteiger partial charge is 0.303 e. The van der Waals surface area contributed by atoms with Crippen LogP contribution in [0.4, 0.5) is 0 Å². The summed E-state index contributed by atoms with van der Waals surface area (Å²) in [6.07, 6.45) is 5.44. The highest BCUT2D eigenvalue weighted by molar-refractivity contribution is 8.01. The molecule has 0 bridgehead atoms. The fourth-order valence-corrected chi connectivity index (χ4v) is 5.76. The normalized spacial score (nSPS) is 45.6. The lowest BCUT2D eigenvalue weighted by atomic mass is 9.70. The van der Waals surface area contributed by atoms with Gasteiger partial charge in [0, 0.05) is 5.25 Å². The second-order valence-electron chi connectivity index (χ2n) is 6.49. The van der Waals surface area contributed by atoms with Crippen LogP contribution in [0.3, 0.4) is 0 Å². The fourth-order valence-electron chi connectivity index (χ4n) is 3.71. The van der Waals surface area contributed by atoms with Crippen LogP contribution in [0.25, 0.3) is 0 Å². The van der Waals surface area contributed by atoms with E-state index in [0.717, 1.165) is 11.2 Å². The first-order valence-corrected chi connectivity index (χ1v) is 7.22. The van der Waals surface area contributed by atoms with Crippen LogP contribution in [0.1, 0.15) is 53.4 Å². The Hall–Kier alpha value is 0.310. The summed E-state index contributed by atoms with van der Waals surface area (Å²) in [5.74, 6) is 0.874. The summed E-state index contributed by atoms with van der Waals surface area (Å²) in [6.45, 7) is 10.9. The predicted molar refractivity (Wildman–Crippen MR) is 69.2 cm³/mol. The van der Waals surface area contributed by atoms with Crippen molar-refractivity contribution in [2.45, 2.75) is 63.5 Å². The Morgan fingerprint density at radius 3 is 2.53 bits per heavy atom. The summed E-state index contributed by atoms with van der Waals surface area (Å²) < 4.78 is 0. The first kappa shape index (κ1) is 11.8. The van der Waals surface area contributed by atoms with Gasteiger partial charge in [0.1, 0.15) is 0 Å². The Bertz CT molecular complexity index is 235. The van der Waals surface area contributed by atoms with Crippen LogP contribution < -0.4 is 5.32 Å². The van der Waals surface area contributed by atoms with Gasteiger partial charge in [0.05, 0.1) is 4.87 Å². The molecule has 1 saturated heterocycles. The summed E-state index contributed by atoms with van der Waals surface area (Å²) in [5.41, 5.74) is 0.523. The first-order valence-electron chi connectivity index (χ1n) is 6.34. The number of rotatable bonds is 0. The monoisotopic (exact) mass is 227 g/mol. The van der Waals surface area contributed by atoms with Crippen LogP contribution in [0, 0.1) is 11.3 Å². The van der Waals surface area contributed by atoms with Crippen molar-refractivity contribution in [3.63, 3.8) is 0 Å². The summed E-state index contributed by atoms with van der Waals surface area (Å²) in [6, 6.07) is 0. The van der Waals surface area contributed by atoms with Crippen LogP contribution in [-0.4, -0.2) is 16.7 Å². The minimum atomic E-state index is 0.402. The van der Waals surface area contributed by atoms with Crippen LogP contribution >= 0.6 is 11.8 Å². The smallest absolute Gasteiger partial charge is 0.0655 e. The molecule has 0 aromatic carbocycles. The first-order chi connectivity index (χ1) is 6.91. The van der Waals surface area contributed by atoms with E-state index in [9.17, 15) is 0 Å². The van der Waals surface area contributed by atoms with Crippen molar-refractivity contribution < 1.29 is 0 Å². The maximum atomic E-state index is 3.81. The number of hydrogen-bond acceptors (Lipinski definition) is 2. The Balaban J connectivity index is 2.12. The van der Waals surface area contributed by atoms with Crippen LogP contribution in [0.5, 0.6) is 0 Å². The van der Waals surface area contributed by atoms with Gasteiger partial charge in [-0.2, -0.15) is 0 Å². The zero-order valence-corrected chi connectivity index (χ0v) is 11.4. The second-order valence-corrected chi connectivity index (χ2v) is 8.31. The standard InChI is InChI=1S/C13H25NS/c1-10-7-12(3,4)9-13(8-10)14-6-5-11(2)15-13/h10-11,14H,5-9H2,1-4H3. The summed E-state index contributed by atoms with van der Waals surface area (Å²) in [5, 5.41) is 4.65. The van der Waals surface area contributed by atoms with E-state index in [2.05, 4.69) is 44.8 Å². The summed E-state index contributed by atoms with van der Waals surface area (Å²) in [4.78, 5) is 0.402. The summed E-state index contributed by atoms with van der Waals surface area (Å²) >= 11 is 2.20. The molecular formula is C13H25NS. The third-order valence-electron chi connectivity index (χ3n) is 3.77. The van der Waals surface area contributed by atoms with Crippen molar-refractivity contribution in [1.82, 2.24) is 5.32 Å². The molecule has 1 N–H and O–H groups in total. The van der Waals surface area contributed by atoms with Gasteiger partial charge < -0.3 is 5.32 Å². The zero-order valence-electron chi connectivity index (χ0n) is 10.6. The lowest BCUT2D eigenvalue weighted by Crippen LogP contribution is -2.53. The van der Waals surface area contributed by atoms with E-state index < -0.39 is 0 Å². The Labute approximate surface area is 98.8 Å². The Kier molecular flexibility index (Phi) is 3.11. The van der Waals surface area contributed by atoms with Gasteiger partial charge in [-0.15, -0.1) is 11.8 Å². The molecule has 2 rings (SSSR count). The molecule has 88 valence electrons. The molecule has 0 aromatic heterocycles. The molecule has 2 heteroatoms. The highest BCUT2D eigenvalue weighted by Crippen LogP contribution is 2.51. The average Bonchev–Trinajstić information content (AvgIpc) is 1.97. The van der Waals surface area contributed by atoms with Gasteiger partial charge in [0.25, 0.3) is 0 Å². The van der Waals surface area contributed by atoms with Gasteiger partial charge in [-0.1, -0.05) is 27.7 Å². The molecular weight excluding hydrogens is 202 g/mol. The average molecular weight is 227 g/mol. The highest BCUT2D eigenvalue weighted by Gasteiger charge is 2.45. The van der Waals surface area contributed by atoms with Gasteiger partial charge in [0.2, 0.25) is 0 Å². The molecule has 1 nitrogen and oxygen atoms in total. The lowest BCUT2D eigenvalue weighted by Gasteiger charge is -2.51. The molecule has 1 heterocycles. The van der Waals surface area contributed by atoms with Crippen molar-refractivity contribution in [2.75, 3.05) is 6.54 Å². The van der Waals surface area contributed by atoms with Crippen LogP contribution in [0.15, 0.2) is 0 Å². The molecule has 1 saturated carbocycles. The Morgan fingerprint density at radius 1 is 1.20 bits per heavy atom. The quantitative estimate of drug-likeness (QED) is 0.678. The van der Waals surface area contributed by atoms with Crippen molar-refractivity contribution >= 4 is 11.8 Å². The third-order valence-corrected chi connectivity index (χ3v) is 5.31. The molecule has 1 aliphatic carbocycles. The molecule has 0 aromatic rings. The maximum absolute atomic E-state index is 3.81. The van der Waals surface area contributed by atoms with E-state index in [0.29, 0.717) is 10.3 Å². The fraction of sp³-hybridized carbons (Fsp3) is 1.00. The van der Waals surface area contributed by atoms with E-state index in [1.807, 2.05) is 0 Å². The van der Waals surface area contributed by atoms with Crippen molar-refractivity contribution in [3.05, 3.63) is 0 Å². The van der Waals surface area contributed by atoms with Gasteiger partial charge in [-0.25, -0.2) is 0 Å². The molecule has 15 heavy (non-hydrogen) atoms. The van der Waals surface area contributed by atoms with Crippen LogP contribution in [0.2, 0.25) is 0 Å². The summed E-state index contributed by atoms with van der Waals surface area (Å²) in [7, 11) is 0. The van der Waals surface area contributed by atoms with Gasteiger partial charge in [-0.3, -0.25) is 0 Å². The van der Waals surface area contributed by atoms with E-state index in [1.165, 1.54) is 32.2 Å². The minimum Gasteiger partial charge on any atom is -0.303 e. The van der Waals surface area contributed by atoms with Crippen molar-refractivity contribution in [3.8, 4) is 0 Å². The Morgan fingerprint density at radius 2 is 1.93 bits per heavy atom. The molecule has 3 atom stereocenters. The van der Waals surface area contributed by atoms with E-state index in [4.69, 9.17) is 0 Å². The third kappa shape index (κ3) is 2.71. The van der Waals surface area contributed by atoms with E-state index in [-0.39, 0.29) is 0 Å². The predicted octanol–water partition coefficient (Wildman–Crippen LogP) is 3.64. The molecule has 0 radical (unpaired) electrons. The van der Waals surface area contributed by atoms with Gasteiger partial charge >= 0.3 is 0 Å². The molecule has 2 aliphatic rings. The second kappa shape index (κ2) is 3.96. The van der Waals surface area contributed by atoms with E-state index in [1.54, 1.807) is 0 Å². The van der Waals surface area contributed by atoms with Gasteiger partial charge in [0.15, 0.2) is 0 Å². The van der Waals surface area contributed by atoms with E-state index >= 15 is 0 Å². The van der Waals surface area contributed by atoms with Crippen molar-refractivity contribution in [2.24, 2.45) is 11.3 Å². The zero-order chi connectivity index (χ0) is 11.1. The molecule has 1 aliphatic heterocycles. The maximum Gasteiger partial charge on any atom is 0.0655 e. The van der Waals surface area contributed by atoms with Crippen LogP contribution in [-0.2, 0) is 0 Å². The number of nitrogens with one attached hydrogen (secondary N) is 1. The SMILES string of the molecule is CC1CC(C)(C)CC2(C1)NCCC(C)S2. The number of hydrogen-bond donors (Lipinski definition) is 1. The molecule has 2 fully saturated rings. The lowest BCUT2D eigenvalue weighted by molar-refractivity contribution is 0.131. The van der Waals surface area contributed by atoms with Gasteiger partial charge in [-0.05, 0) is 43.6 Å².